The maximum atomic E-state index is 12.1. The Balaban J connectivity index is 2.46. The minimum atomic E-state index is -4.17. The highest BCUT2D eigenvalue weighted by molar-refractivity contribution is 4.84. The Hall–Kier alpha value is -0.290. The fourth-order valence-electron chi connectivity index (χ4n) is 1.42. The van der Waals surface area contributed by atoms with Crippen molar-refractivity contribution in [3.05, 3.63) is 0 Å². The molecule has 1 aliphatic rings. The van der Waals surface area contributed by atoms with E-state index in [0.29, 0.717) is 12.8 Å². The summed E-state index contributed by atoms with van der Waals surface area (Å²) in [5.74, 6) is 0. The summed E-state index contributed by atoms with van der Waals surface area (Å²) in [5, 5.41) is 11.0. The second-order valence-electron chi connectivity index (χ2n) is 3.07. The molecule has 1 aliphatic heterocycles. The highest BCUT2D eigenvalue weighted by atomic mass is 19.4. The fourth-order valence-corrected chi connectivity index (χ4v) is 1.42. The third kappa shape index (κ3) is 2.35. The van der Waals surface area contributed by atoms with Crippen LogP contribution in [-0.4, -0.2) is 30.0 Å². The number of piperidine rings is 1. The summed E-state index contributed by atoms with van der Waals surface area (Å²) in [4.78, 5) is 0. The molecule has 0 saturated carbocycles. The number of nitrogens with one attached hydrogen (secondary N) is 1. The van der Waals surface area contributed by atoms with Crippen molar-refractivity contribution in [3.63, 3.8) is 0 Å². The summed E-state index contributed by atoms with van der Waals surface area (Å²) in [6, 6.07) is -1.81. The van der Waals surface area contributed by atoms with Gasteiger partial charge < -0.3 is 10.4 Å². The molecule has 1 heterocycles. The lowest BCUT2D eigenvalue weighted by molar-refractivity contribution is -0.163. The van der Waals surface area contributed by atoms with Gasteiger partial charge in [-0.1, -0.05) is 0 Å². The SMILES string of the molecule is OC[C@H]1CCC[C@@H](C(F)(F)F)N1. The molecular formula is C7H12F3NO. The van der Waals surface area contributed by atoms with Gasteiger partial charge in [-0.25, -0.2) is 0 Å². The fraction of sp³-hybridized carbons (Fsp3) is 1.00. The molecule has 2 atom stereocenters. The molecule has 72 valence electrons. The molecular weight excluding hydrogens is 171 g/mol. The summed E-state index contributed by atoms with van der Waals surface area (Å²) in [5.41, 5.74) is 0. The van der Waals surface area contributed by atoms with Crippen molar-refractivity contribution < 1.29 is 18.3 Å². The first-order chi connectivity index (χ1) is 5.54. The number of rotatable bonds is 1. The highest BCUT2D eigenvalue weighted by Crippen LogP contribution is 2.27. The molecule has 2 nitrogen and oxygen atoms in total. The molecule has 1 fully saturated rings. The molecule has 0 amide bonds. The molecule has 0 aromatic rings. The summed E-state index contributed by atoms with van der Waals surface area (Å²) < 4.78 is 36.3. The summed E-state index contributed by atoms with van der Waals surface area (Å²) in [7, 11) is 0. The molecule has 12 heavy (non-hydrogen) atoms. The largest absolute Gasteiger partial charge is 0.403 e. The van der Waals surface area contributed by atoms with Crippen LogP contribution in [0.4, 0.5) is 13.2 Å². The first kappa shape index (κ1) is 9.80. The number of aliphatic hydroxyl groups excluding tert-OH is 1. The van der Waals surface area contributed by atoms with Gasteiger partial charge in [0.05, 0.1) is 6.61 Å². The zero-order chi connectivity index (χ0) is 9.19. The van der Waals surface area contributed by atoms with Gasteiger partial charge >= 0.3 is 6.18 Å². The van der Waals surface area contributed by atoms with Crippen molar-refractivity contribution in [1.82, 2.24) is 5.32 Å². The zero-order valence-electron chi connectivity index (χ0n) is 6.56. The highest BCUT2D eigenvalue weighted by Gasteiger charge is 2.41. The Kier molecular flexibility index (Phi) is 2.95. The van der Waals surface area contributed by atoms with E-state index in [2.05, 4.69) is 5.32 Å². The van der Waals surface area contributed by atoms with E-state index in [0.717, 1.165) is 0 Å². The number of hydrogen-bond acceptors (Lipinski definition) is 2. The van der Waals surface area contributed by atoms with Crippen LogP contribution in [0.1, 0.15) is 19.3 Å². The molecule has 5 heteroatoms. The van der Waals surface area contributed by atoms with Crippen LogP contribution >= 0.6 is 0 Å². The quantitative estimate of drug-likeness (QED) is 0.637. The van der Waals surface area contributed by atoms with E-state index in [1.54, 1.807) is 0 Å². The topological polar surface area (TPSA) is 32.3 Å². The Bertz CT molecular complexity index is 148. The minimum absolute atomic E-state index is 0.125. The lowest BCUT2D eigenvalue weighted by atomic mass is 9.99. The average molecular weight is 183 g/mol. The third-order valence-electron chi connectivity index (χ3n) is 2.10. The normalized spacial score (nSPS) is 32.0. The van der Waals surface area contributed by atoms with E-state index in [1.807, 2.05) is 0 Å². The molecule has 2 N–H and O–H groups in total. The maximum Gasteiger partial charge on any atom is 0.403 e. The zero-order valence-corrected chi connectivity index (χ0v) is 6.56. The maximum absolute atomic E-state index is 12.1. The van der Waals surface area contributed by atoms with Gasteiger partial charge in [0.2, 0.25) is 0 Å². The average Bonchev–Trinajstić information content (AvgIpc) is 2.03. The van der Waals surface area contributed by atoms with Gasteiger partial charge in [0.1, 0.15) is 6.04 Å². The van der Waals surface area contributed by atoms with Gasteiger partial charge in [-0.15, -0.1) is 0 Å². The van der Waals surface area contributed by atoms with E-state index in [-0.39, 0.29) is 19.1 Å². The van der Waals surface area contributed by atoms with Crippen LogP contribution in [0.25, 0.3) is 0 Å². The first-order valence-electron chi connectivity index (χ1n) is 3.97. The molecule has 0 aliphatic carbocycles. The second-order valence-corrected chi connectivity index (χ2v) is 3.07. The molecule has 1 rings (SSSR count). The van der Waals surface area contributed by atoms with Crippen LogP contribution < -0.4 is 5.32 Å². The molecule has 0 aromatic heterocycles. The Morgan fingerprint density at radius 1 is 1.33 bits per heavy atom. The Morgan fingerprint density at radius 3 is 2.50 bits per heavy atom. The van der Waals surface area contributed by atoms with Crippen molar-refractivity contribution in [2.45, 2.75) is 37.5 Å². The summed E-state index contributed by atoms with van der Waals surface area (Å²) in [6.07, 6.45) is -2.89. The first-order valence-corrected chi connectivity index (χ1v) is 3.97. The van der Waals surface area contributed by atoms with Gasteiger partial charge in [-0.3, -0.25) is 0 Å². The van der Waals surface area contributed by atoms with Crippen molar-refractivity contribution >= 4 is 0 Å². The van der Waals surface area contributed by atoms with Gasteiger partial charge in [0.15, 0.2) is 0 Å². The summed E-state index contributed by atoms with van der Waals surface area (Å²) in [6.45, 7) is -0.216. The van der Waals surface area contributed by atoms with Gasteiger partial charge in [-0.05, 0) is 19.3 Å². The molecule has 0 spiro atoms. The van der Waals surface area contributed by atoms with Crippen LogP contribution in [0, 0.1) is 0 Å². The second kappa shape index (κ2) is 3.62. The molecule has 0 aromatic carbocycles. The standard InChI is InChI=1S/C7H12F3NO/c8-7(9,10)6-3-1-2-5(4-12)11-6/h5-6,11-12H,1-4H2/t5-,6+/m1/s1. The number of aliphatic hydroxyl groups is 1. The third-order valence-corrected chi connectivity index (χ3v) is 2.10. The van der Waals surface area contributed by atoms with Crippen LogP contribution in [0.3, 0.4) is 0 Å². The van der Waals surface area contributed by atoms with Crippen molar-refractivity contribution in [3.8, 4) is 0 Å². The molecule has 0 unspecified atom stereocenters. The van der Waals surface area contributed by atoms with Crippen molar-refractivity contribution in [1.29, 1.82) is 0 Å². The van der Waals surface area contributed by atoms with Crippen LogP contribution in [0.5, 0.6) is 0 Å². The molecule has 0 bridgehead atoms. The van der Waals surface area contributed by atoms with Gasteiger partial charge in [0, 0.05) is 6.04 Å². The van der Waals surface area contributed by atoms with E-state index in [9.17, 15) is 13.2 Å². The molecule has 0 radical (unpaired) electrons. The van der Waals surface area contributed by atoms with E-state index >= 15 is 0 Å². The van der Waals surface area contributed by atoms with Crippen molar-refractivity contribution in [2.75, 3.05) is 6.61 Å². The van der Waals surface area contributed by atoms with Crippen LogP contribution in [0.2, 0.25) is 0 Å². The smallest absolute Gasteiger partial charge is 0.395 e. The predicted octanol–water partition coefficient (Wildman–Crippen LogP) is 1.05. The van der Waals surface area contributed by atoms with Crippen LogP contribution in [-0.2, 0) is 0 Å². The van der Waals surface area contributed by atoms with E-state index in [4.69, 9.17) is 5.11 Å². The van der Waals surface area contributed by atoms with Gasteiger partial charge in [-0.2, -0.15) is 13.2 Å². The lowest BCUT2D eigenvalue weighted by Gasteiger charge is -2.31. The van der Waals surface area contributed by atoms with E-state index < -0.39 is 12.2 Å². The lowest BCUT2D eigenvalue weighted by Crippen LogP contribution is -2.51. The number of alkyl halides is 3. The number of halogens is 3. The van der Waals surface area contributed by atoms with Gasteiger partial charge in [0.25, 0.3) is 0 Å². The predicted molar refractivity (Wildman–Crippen MR) is 37.7 cm³/mol. The summed E-state index contributed by atoms with van der Waals surface area (Å²) >= 11 is 0. The van der Waals surface area contributed by atoms with E-state index in [1.165, 1.54) is 0 Å². The Morgan fingerprint density at radius 2 is 2.00 bits per heavy atom. The van der Waals surface area contributed by atoms with Crippen molar-refractivity contribution in [2.24, 2.45) is 0 Å². The number of hydrogen-bond donors (Lipinski definition) is 2. The minimum Gasteiger partial charge on any atom is -0.395 e. The monoisotopic (exact) mass is 183 g/mol. The molecule has 1 saturated heterocycles. The Labute approximate surface area is 68.8 Å². The van der Waals surface area contributed by atoms with Crippen LogP contribution in [0.15, 0.2) is 0 Å².